The maximum absolute atomic E-state index is 11.6. The van der Waals surface area contributed by atoms with E-state index in [4.69, 9.17) is 14.0 Å². The lowest BCUT2D eigenvalue weighted by Gasteiger charge is -2.37. The Balaban J connectivity index is 4.44. The largest absolute Gasteiger partial charge is 0.443 e. The topological polar surface area (TPSA) is 53.8 Å². The van der Waals surface area contributed by atoms with Crippen LogP contribution in [0.4, 0.5) is 0 Å². The molecule has 0 saturated heterocycles. The Kier molecular flexibility index (Phi) is 6.15. The second-order valence-electron chi connectivity index (χ2n) is 5.46. The van der Waals surface area contributed by atoms with Crippen LogP contribution in [0.2, 0.25) is 18.1 Å². The second-order valence-corrected chi connectivity index (χ2v) is 10.2. The highest BCUT2D eigenvalue weighted by Crippen LogP contribution is 2.36. The first-order valence-corrected chi connectivity index (χ1v) is 8.59. The van der Waals surface area contributed by atoms with Crippen LogP contribution < -0.4 is 0 Å². The molecule has 5 nitrogen and oxygen atoms in total. The highest BCUT2D eigenvalue weighted by molar-refractivity contribution is 6.73. The highest BCUT2D eigenvalue weighted by atomic mass is 28.4. The standard InChI is InChI=1S/C11H25NO4Si/c1-11(2,3)17(6,7)16-12(13)9-8-10(14-4)15-5/h9-10H,8H2,1-7H3/b12-9+. The van der Waals surface area contributed by atoms with Crippen LogP contribution in [-0.2, 0) is 14.0 Å². The van der Waals surface area contributed by atoms with Gasteiger partial charge in [0.2, 0.25) is 6.21 Å². The van der Waals surface area contributed by atoms with Crippen LogP contribution in [0.25, 0.3) is 0 Å². The summed E-state index contributed by atoms with van der Waals surface area (Å²) >= 11 is 0. The maximum Gasteiger partial charge on any atom is 0.214 e. The summed E-state index contributed by atoms with van der Waals surface area (Å²) in [4.78, 5) is 0.544. The van der Waals surface area contributed by atoms with Crippen molar-refractivity contribution in [2.45, 2.75) is 51.6 Å². The molecule has 0 rings (SSSR count). The first kappa shape index (κ1) is 16.4. The monoisotopic (exact) mass is 263 g/mol. The van der Waals surface area contributed by atoms with Crippen molar-refractivity contribution in [2.75, 3.05) is 14.2 Å². The van der Waals surface area contributed by atoms with Gasteiger partial charge in [-0.1, -0.05) is 33.9 Å². The van der Waals surface area contributed by atoms with Gasteiger partial charge in [0, 0.05) is 19.1 Å². The Hall–Kier alpha value is -0.593. The van der Waals surface area contributed by atoms with Crippen molar-refractivity contribution in [1.82, 2.24) is 0 Å². The summed E-state index contributed by atoms with van der Waals surface area (Å²) in [6.07, 6.45) is 1.36. The molecule has 6 heteroatoms. The van der Waals surface area contributed by atoms with Gasteiger partial charge in [-0.05, 0) is 5.04 Å². The average molecular weight is 263 g/mol. The van der Waals surface area contributed by atoms with Crippen LogP contribution in [-0.4, -0.2) is 39.9 Å². The Morgan fingerprint density at radius 3 is 2.06 bits per heavy atom. The van der Waals surface area contributed by atoms with E-state index in [1.54, 1.807) is 0 Å². The molecular formula is C11H25NO4Si. The predicted octanol–water partition coefficient (Wildman–Crippen LogP) is 2.51. The van der Waals surface area contributed by atoms with E-state index in [2.05, 4.69) is 20.8 Å². The normalized spacial score (nSPS) is 14.2. The molecule has 0 aromatic carbocycles. The molecular weight excluding hydrogens is 238 g/mol. The Morgan fingerprint density at radius 1 is 1.24 bits per heavy atom. The Bertz CT molecular complexity index is 257. The molecule has 102 valence electrons. The lowest BCUT2D eigenvalue weighted by molar-refractivity contribution is -0.702. The van der Waals surface area contributed by atoms with Gasteiger partial charge in [0.1, 0.15) is 0 Å². The van der Waals surface area contributed by atoms with E-state index in [-0.39, 0.29) is 5.04 Å². The maximum atomic E-state index is 11.6. The van der Waals surface area contributed by atoms with Crippen LogP contribution in [0.1, 0.15) is 27.2 Å². The molecule has 0 aromatic rings. The van der Waals surface area contributed by atoms with Gasteiger partial charge in [0.15, 0.2) is 14.6 Å². The van der Waals surface area contributed by atoms with Gasteiger partial charge in [0.25, 0.3) is 0 Å². The van der Waals surface area contributed by atoms with Crippen LogP contribution in [0.15, 0.2) is 0 Å². The van der Waals surface area contributed by atoms with Gasteiger partial charge < -0.3 is 14.0 Å². The number of nitrogens with zero attached hydrogens (tertiary/aromatic N) is 1. The number of hydrogen-bond donors (Lipinski definition) is 0. The molecule has 0 bridgehead atoms. The fourth-order valence-corrected chi connectivity index (χ4v) is 1.66. The molecule has 0 N–H and O–H groups in total. The quantitative estimate of drug-likeness (QED) is 0.243. The molecule has 0 heterocycles. The summed E-state index contributed by atoms with van der Waals surface area (Å²) in [5.74, 6) is 0. The molecule has 0 unspecified atom stereocenters. The van der Waals surface area contributed by atoms with E-state index in [9.17, 15) is 5.21 Å². The summed E-state index contributed by atoms with van der Waals surface area (Å²) < 4.78 is 15.5. The van der Waals surface area contributed by atoms with E-state index < -0.39 is 14.6 Å². The fourth-order valence-electron chi connectivity index (χ4n) is 0.860. The number of rotatable bonds is 6. The summed E-state index contributed by atoms with van der Waals surface area (Å²) in [7, 11) is 1.01. The third-order valence-electron chi connectivity index (χ3n) is 3.10. The van der Waals surface area contributed by atoms with Crippen molar-refractivity contribution < 1.29 is 18.9 Å². The SMILES string of the molecule is COC(C/C=[N+](\[O-])O[Si](C)(C)C(C)(C)C)OC. The van der Waals surface area contributed by atoms with E-state index in [0.29, 0.717) is 11.3 Å². The zero-order valence-corrected chi connectivity index (χ0v) is 12.9. The minimum Gasteiger partial charge on any atom is -0.443 e. The smallest absolute Gasteiger partial charge is 0.214 e. The summed E-state index contributed by atoms with van der Waals surface area (Å²) in [5.41, 5.74) is 0. The molecule has 0 fully saturated rings. The third kappa shape index (κ3) is 5.52. The van der Waals surface area contributed by atoms with Gasteiger partial charge in [0.05, 0.1) is 6.42 Å². The van der Waals surface area contributed by atoms with Gasteiger partial charge >= 0.3 is 0 Å². The fraction of sp³-hybridized carbons (Fsp3) is 0.909. The van der Waals surface area contributed by atoms with E-state index >= 15 is 0 Å². The third-order valence-corrected chi connectivity index (χ3v) is 7.35. The zero-order valence-electron chi connectivity index (χ0n) is 11.9. The lowest BCUT2D eigenvalue weighted by atomic mass is 10.2. The van der Waals surface area contributed by atoms with Gasteiger partial charge in [-0.3, -0.25) is 5.21 Å². The molecule has 17 heavy (non-hydrogen) atoms. The minimum absolute atomic E-state index is 0.00537. The zero-order chi connectivity index (χ0) is 13.7. The van der Waals surface area contributed by atoms with Crippen molar-refractivity contribution in [3.05, 3.63) is 5.21 Å². The lowest BCUT2D eigenvalue weighted by Crippen LogP contribution is -2.43. The summed E-state index contributed by atoms with van der Waals surface area (Å²) in [5, 5.41) is 11.6. The predicted molar refractivity (Wildman–Crippen MR) is 70.4 cm³/mol. The van der Waals surface area contributed by atoms with E-state index in [1.165, 1.54) is 20.4 Å². The van der Waals surface area contributed by atoms with Crippen LogP contribution >= 0.6 is 0 Å². The van der Waals surface area contributed by atoms with Gasteiger partial charge in [-0.25, -0.2) is 0 Å². The molecule has 0 saturated carbocycles. The van der Waals surface area contributed by atoms with Crippen LogP contribution in [0, 0.1) is 5.21 Å². The average Bonchev–Trinajstić information content (AvgIpc) is 2.16. The molecule has 0 radical (unpaired) electrons. The molecule has 0 amide bonds. The highest BCUT2D eigenvalue weighted by Gasteiger charge is 2.36. The van der Waals surface area contributed by atoms with Crippen molar-refractivity contribution in [1.29, 1.82) is 0 Å². The summed E-state index contributed by atoms with van der Waals surface area (Å²) in [6.45, 7) is 10.3. The molecule has 0 aromatic heterocycles. The second kappa shape index (κ2) is 6.37. The van der Waals surface area contributed by atoms with E-state index in [0.717, 1.165) is 0 Å². The number of ether oxygens (including phenoxy) is 2. The van der Waals surface area contributed by atoms with E-state index in [1.807, 2.05) is 13.1 Å². The number of hydrogen-bond acceptors (Lipinski definition) is 4. The van der Waals surface area contributed by atoms with Gasteiger partial charge in [-0.15, -0.1) is 0 Å². The Morgan fingerprint density at radius 2 is 1.71 bits per heavy atom. The summed E-state index contributed by atoms with van der Waals surface area (Å²) in [6, 6.07) is 0. The van der Waals surface area contributed by atoms with Crippen LogP contribution in [0.5, 0.6) is 0 Å². The first-order valence-electron chi connectivity index (χ1n) is 5.68. The van der Waals surface area contributed by atoms with Crippen molar-refractivity contribution in [2.24, 2.45) is 0 Å². The first-order chi connectivity index (χ1) is 7.64. The molecule has 0 aliphatic heterocycles. The Labute approximate surface area is 105 Å². The molecule has 0 spiro atoms. The van der Waals surface area contributed by atoms with Crippen molar-refractivity contribution in [3.63, 3.8) is 0 Å². The minimum atomic E-state index is -2.06. The molecule has 0 aliphatic rings. The van der Waals surface area contributed by atoms with Gasteiger partial charge in [-0.2, -0.15) is 0 Å². The van der Waals surface area contributed by atoms with Crippen molar-refractivity contribution >= 4 is 14.5 Å². The molecule has 0 atom stereocenters. The van der Waals surface area contributed by atoms with Crippen LogP contribution in [0.3, 0.4) is 0 Å². The van der Waals surface area contributed by atoms with Crippen molar-refractivity contribution in [3.8, 4) is 0 Å². The molecule has 0 aliphatic carbocycles. The number of methoxy groups -OCH3 is 2.